The van der Waals surface area contributed by atoms with Gasteiger partial charge in [-0.3, -0.25) is 0 Å². The van der Waals surface area contributed by atoms with Crippen LogP contribution in [0.25, 0.3) is 0 Å². The van der Waals surface area contributed by atoms with E-state index in [2.05, 4.69) is 9.82 Å². The van der Waals surface area contributed by atoms with Gasteiger partial charge in [-0.05, 0) is 0 Å². The van der Waals surface area contributed by atoms with Crippen LogP contribution in [0.2, 0.25) is 0 Å². The predicted octanol–water partition coefficient (Wildman–Crippen LogP) is 1.16. The third kappa shape index (κ3) is 15.8. The summed E-state index contributed by atoms with van der Waals surface area (Å²) in [5.74, 6) is 0. The van der Waals surface area contributed by atoms with Gasteiger partial charge in [-0.25, -0.2) is 0 Å². The van der Waals surface area contributed by atoms with Gasteiger partial charge in [-0.15, -0.1) is 0 Å². The Kier molecular flexibility index (Phi) is 20.6. The van der Waals surface area contributed by atoms with Gasteiger partial charge in [0.25, 0.3) is 0 Å². The molecule has 0 fully saturated rings. The summed E-state index contributed by atoms with van der Waals surface area (Å²) in [5, 5.41) is 0. The van der Waals surface area contributed by atoms with Crippen LogP contribution in [0.1, 0.15) is 7.43 Å². The molecule has 0 saturated heterocycles. The molecule has 0 radical (unpaired) electrons. The fourth-order valence-corrected chi connectivity index (χ4v) is 0. The molecule has 4 heavy (non-hydrogen) atoms. The Morgan fingerprint density at radius 3 is 1.75 bits per heavy atom. The maximum atomic E-state index is 8.88. The van der Waals surface area contributed by atoms with Crippen LogP contribution in [-0.4, -0.2) is 0 Å². The molecule has 0 aromatic carbocycles. The van der Waals surface area contributed by atoms with E-state index in [1.54, 1.807) is 0 Å². The van der Waals surface area contributed by atoms with Gasteiger partial charge in [-0.1, -0.05) is 7.43 Å². The Balaban J connectivity index is 0. The molecule has 0 aromatic rings. The van der Waals surface area contributed by atoms with Gasteiger partial charge in [0, 0.05) is 0 Å². The van der Waals surface area contributed by atoms with Crippen molar-refractivity contribution >= 4 is 9.82 Å². The number of hydrogen-bond donors (Lipinski definition) is 0. The quantitative estimate of drug-likeness (QED) is 0.494. The molecule has 0 spiro atoms. The van der Waals surface area contributed by atoms with Crippen molar-refractivity contribution in [1.82, 2.24) is 0 Å². The van der Waals surface area contributed by atoms with Crippen LogP contribution < -0.4 is 0 Å². The summed E-state index contributed by atoms with van der Waals surface area (Å²) in [7, 11) is 3.97. The van der Waals surface area contributed by atoms with Gasteiger partial charge in [0.15, 0.2) is 0 Å². The minimum atomic E-state index is -1.20. The van der Waals surface area contributed by atoms with Crippen molar-refractivity contribution in [2.75, 3.05) is 0 Å². The van der Waals surface area contributed by atoms with Crippen molar-refractivity contribution in [2.45, 2.75) is 7.43 Å². The van der Waals surface area contributed by atoms with Crippen LogP contribution in [-0.2, 0) is 20.1 Å². The number of rotatable bonds is 0. The van der Waals surface area contributed by atoms with Crippen LogP contribution in [0, 0.1) is 0 Å². The van der Waals surface area contributed by atoms with E-state index < -0.39 is 16.7 Å². The van der Waals surface area contributed by atoms with E-state index in [0.29, 0.717) is 0 Å². The molecule has 0 unspecified atom stereocenters. The first-order valence-corrected chi connectivity index (χ1v) is 3.94. The topological polar surface area (TPSA) is 17.1 Å². The Labute approximate surface area is 37.7 Å². The molecule has 26 valence electrons. The Hall–Kier alpha value is 0.708. The van der Waals surface area contributed by atoms with Gasteiger partial charge < -0.3 is 0 Å². The fourth-order valence-electron chi connectivity index (χ4n) is 0. The van der Waals surface area contributed by atoms with E-state index in [1.165, 1.54) is 0 Å². The van der Waals surface area contributed by atoms with Crippen molar-refractivity contribution in [3.63, 3.8) is 0 Å². The van der Waals surface area contributed by atoms with Gasteiger partial charge in [0.2, 0.25) is 0 Å². The molecule has 0 saturated carbocycles. The van der Waals surface area contributed by atoms with E-state index in [4.69, 9.17) is 3.40 Å². The van der Waals surface area contributed by atoms with E-state index in [-0.39, 0.29) is 7.43 Å². The third-order valence-corrected chi connectivity index (χ3v) is 0. The Morgan fingerprint density at radius 1 is 1.75 bits per heavy atom. The molecular weight excluding hydrogens is 156 g/mol. The molecule has 1 nitrogen and oxygen atoms in total. The Morgan fingerprint density at radius 2 is 1.75 bits per heavy atom. The van der Waals surface area contributed by atoms with Crippen LogP contribution in [0.15, 0.2) is 0 Å². The van der Waals surface area contributed by atoms with Gasteiger partial charge in [-0.2, -0.15) is 0 Å². The second kappa shape index (κ2) is 9.32. The average Bonchev–Trinajstić information content (AvgIpc) is 0.918. The summed E-state index contributed by atoms with van der Waals surface area (Å²) in [6.07, 6.45) is 0. The van der Waals surface area contributed by atoms with Gasteiger partial charge >= 0.3 is 29.9 Å². The third-order valence-electron chi connectivity index (χ3n) is 0. The molecule has 0 N–H and O–H groups in total. The van der Waals surface area contributed by atoms with Crippen LogP contribution >= 0.6 is 9.82 Å². The van der Waals surface area contributed by atoms with Crippen molar-refractivity contribution in [3.05, 3.63) is 0 Å². The van der Waals surface area contributed by atoms with Gasteiger partial charge in [0.1, 0.15) is 0 Å². The van der Waals surface area contributed by atoms with E-state index >= 15 is 0 Å². The summed E-state index contributed by atoms with van der Waals surface area (Å²) in [6.45, 7) is 0. The van der Waals surface area contributed by atoms with Crippen LogP contribution in [0.5, 0.6) is 0 Å². The first-order chi connectivity index (χ1) is 1.41. The summed E-state index contributed by atoms with van der Waals surface area (Å²) in [4.78, 5) is 0. The second-order valence-electron chi connectivity index (χ2n) is 0.0680. The zero-order valence-corrected chi connectivity index (χ0v) is 4.05. The molecular formula is CH4MoOS. The molecule has 0 aliphatic rings. The average molecular weight is 160 g/mol. The predicted molar refractivity (Wildman–Crippen MR) is 15.0 cm³/mol. The molecule has 0 aromatic heterocycles. The van der Waals surface area contributed by atoms with E-state index in [0.717, 1.165) is 0 Å². The van der Waals surface area contributed by atoms with Crippen molar-refractivity contribution < 1.29 is 20.1 Å². The fraction of sp³-hybridized carbons (Fsp3) is 1.00. The van der Waals surface area contributed by atoms with Crippen LogP contribution in [0.4, 0.5) is 0 Å². The molecule has 0 amide bonds. The SMILES string of the molecule is C.[O]=[Mo]=[S]. The first kappa shape index (κ1) is 8.83. The minimum absolute atomic E-state index is 0. The first-order valence-electron chi connectivity index (χ1n) is 0.333. The molecule has 0 rings (SSSR count). The zero-order chi connectivity index (χ0) is 2.71. The Bertz CT molecular complexity index is 29.0. The van der Waals surface area contributed by atoms with Gasteiger partial charge in [0.05, 0.1) is 0 Å². The molecule has 0 aliphatic heterocycles. The summed E-state index contributed by atoms with van der Waals surface area (Å²) >= 11 is -1.20. The second-order valence-corrected chi connectivity index (χ2v) is 1.21. The number of hydrogen-bond acceptors (Lipinski definition) is 2. The van der Waals surface area contributed by atoms with E-state index in [9.17, 15) is 0 Å². The zero-order valence-electron chi connectivity index (χ0n) is 1.22. The molecule has 0 bridgehead atoms. The van der Waals surface area contributed by atoms with Crippen molar-refractivity contribution in [2.24, 2.45) is 0 Å². The molecule has 3 heteroatoms. The van der Waals surface area contributed by atoms with E-state index in [1.807, 2.05) is 0 Å². The van der Waals surface area contributed by atoms with Crippen LogP contribution in [0.3, 0.4) is 0 Å². The molecule has 0 atom stereocenters. The standard InChI is InChI=1S/CH4.Mo.O.S/h1H4;;;. The normalized spacial score (nSPS) is 3.00. The maximum absolute atomic E-state index is 8.88. The molecule has 0 aliphatic carbocycles. The monoisotopic (exact) mass is 162 g/mol. The molecule has 0 heterocycles. The summed E-state index contributed by atoms with van der Waals surface area (Å²) < 4.78 is 8.88. The van der Waals surface area contributed by atoms with Crippen molar-refractivity contribution in [1.29, 1.82) is 0 Å². The summed E-state index contributed by atoms with van der Waals surface area (Å²) in [5.41, 5.74) is 0. The van der Waals surface area contributed by atoms with Crippen molar-refractivity contribution in [3.8, 4) is 0 Å². The summed E-state index contributed by atoms with van der Waals surface area (Å²) in [6, 6.07) is 0.